The maximum Gasteiger partial charge on any atom is 0.143 e. The van der Waals surface area contributed by atoms with Gasteiger partial charge in [0.1, 0.15) is 5.82 Å². The first-order chi connectivity index (χ1) is 9.57. The van der Waals surface area contributed by atoms with Crippen LogP contribution in [-0.4, -0.2) is 6.54 Å². The average Bonchev–Trinajstić information content (AvgIpc) is 2.86. The molecule has 20 heavy (non-hydrogen) atoms. The van der Waals surface area contributed by atoms with E-state index in [4.69, 9.17) is 17.3 Å². The summed E-state index contributed by atoms with van der Waals surface area (Å²) in [5.74, 6) is -0.377. The summed E-state index contributed by atoms with van der Waals surface area (Å²) in [4.78, 5) is 0. The SMILES string of the molecule is NC[C@]1(c2ccccc2)Cc2cc(F)c(Cl)c(Br)c2C1. The summed E-state index contributed by atoms with van der Waals surface area (Å²) in [6.45, 7) is 0.525. The summed E-state index contributed by atoms with van der Waals surface area (Å²) in [7, 11) is 0. The normalized spacial score (nSPS) is 21.0. The monoisotopic (exact) mass is 353 g/mol. The van der Waals surface area contributed by atoms with E-state index in [1.165, 1.54) is 5.56 Å². The van der Waals surface area contributed by atoms with E-state index >= 15 is 0 Å². The van der Waals surface area contributed by atoms with Gasteiger partial charge in [0.2, 0.25) is 0 Å². The minimum absolute atomic E-state index is 0.157. The molecule has 1 aliphatic rings. The molecule has 0 fully saturated rings. The van der Waals surface area contributed by atoms with E-state index < -0.39 is 0 Å². The second kappa shape index (κ2) is 5.14. The van der Waals surface area contributed by atoms with Gasteiger partial charge in [0.05, 0.1) is 5.02 Å². The van der Waals surface area contributed by atoms with Crippen molar-refractivity contribution in [1.82, 2.24) is 0 Å². The van der Waals surface area contributed by atoms with Gasteiger partial charge in [0.25, 0.3) is 0 Å². The highest BCUT2D eigenvalue weighted by atomic mass is 79.9. The molecule has 3 rings (SSSR count). The molecular weight excluding hydrogens is 341 g/mol. The van der Waals surface area contributed by atoms with Crippen molar-refractivity contribution in [2.24, 2.45) is 5.73 Å². The minimum atomic E-state index is -0.377. The van der Waals surface area contributed by atoms with Crippen LogP contribution in [-0.2, 0) is 18.3 Å². The molecule has 2 N–H and O–H groups in total. The fourth-order valence-electron chi connectivity index (χ4n) is 3.05. The Morgan fingerprint density at radius 2 is 1.95 bits per heavy atom. The minimum Gasteiger partial charge on any atom is -0.330 e. The van der Waals surface area contributed by atoms with Crippen molar-refractivity contribution < 1.29 is 4.39 Å². The van der Waals surface area contributed by atoms with Crippen LogP contribution < -0.4 is 5.73 Å². The molecule has 4 heteroatoms. The molecule has 0 aromatic heterocycles. The highest BCUT2D eigenvalue weighted by Crippen LogP contribution is 2.44. The lowest BCUT2D eigenvalue weighted by Gasteiger charge is -2.28. The van der Waals surface area contributed by atoms with Crippen LogP contribution in [0.3, 0.4) is 0 Å². The number of hydrogen-bond acceptors (Lipinski definition) is 1. The molecule has 2 aromatic rings. The fraction of sp³-hybridized carbons (Fsp3) is 0.250. The molecule has 0 saturated heterocycles. The number of benzene rings is 2. The number of halogens is 3. The molecule has 0 saturated carbocycles. The van der Waals surface area contributed by atoms with E-state index in [1.54, 1.807) is 6.07 Å². The highest BCUT2D eigenvalue weighted by molar-refractivity contribution is 9.10. The van der Waals surface area contributed by atoms with Crippen molar-refractivity contribution in [3.63, 3.8) is 0 Å². The fourth-order valence-corrected chi connectivity index (χ4v) is 3.81. The van der Waals surface area contributed by atoms with Crippen molar-refractivity contribution in [3.8, 4) is 0 Å². The Morgan fingerprint density at radius 3 is 2.60 bits per heavy atom. The Balaban J connectivity index is 2.10. The number of nitrogens with two attached hydrogens (primary N) is 1. The second-order valence-electron chi connectivity index (χ2n) is 5.33. The third kappa shape index (κ3) is 2.09. The van der Waals surface area contributed by atoms with Gasteiger partial charge in [0.15, 0.2) is 0 Å². The van der Waals surface area contributed by atoms with E-state index in [1.807, 2.05) is 18.2 Å². The highest BCUT2D eigenvalue weighted by Gasteiger charge is 2.39. The van der Waals surface area contributed by atoms with Crippen molar-refractivity contribution in [1.29, 1.82) is 0 Å². The third-order valence-electron chi connectivity index (χ3n) is 4.18. The first-order valence-corrected chi connectivity index (χ1v) is 7.65. The Morgan fingerprint density at radius 1 is 1.25 bits per heavy atom. The van der Waals surface area contributed by atoms with Crippen molar-refractivity contribution in [2.45, 2.75) is 18.3 Å². The molecule has 1 atom stereocenters. The second-order valence-corrected chi connectivity index (χ2v) is 6.50. The Bertz CT molecular complexity index is 659. The van der Waals surface area contributed by atoms with Gasteiger partial charge in [-0.05, 0) is 51.5 Å². The molecule has 0 aliphatic heterocycles. The van der Waals surface area contributed by atoms with Crippen LogP contribution in [0.5, 0.6) is 0 Å². The van der Waals surface area contributed by atoms with Crippen molar-refractivity contribution >= 4 is 27.5 Å². The van der Waals surface area contributed by atoms with Crippen LogP contribution in [0.25, 0.3) is 0 Å². The zero-order chi connectivity index (χ0) is 14.3. The summed E-state index contributed by atoms with van der Waals surface area (Å²) in [5.41, 5.74) is 9.17. The first-order valence-electron chi connectivity index (χ1n) is 6.48. The van der Waals surface area contributed by atoms with E-state index in [-0.39, 0.29) is 16.3 Å². The summed E-state index contributed by atoms with van der Waals surface area (Å²) >= 11 is 9.41. The van der Waals surface area contributed by atoms with Gasteiger partial charge in [0, 0.05) is 16.4 Å². The smallest absolute Gasteiger partial charge is 0.143 e. The molecule has 1 nitrogen and oxygen atoms in total. The molecule has 0 amide bonds. The van der Waals surface area contributed by atoms with Crippen molar-refractivity contribution in [2.75, 3.05) is 6.54 Å². The zero-order valence-electron chi connectivity index (χ0n) is 10.8. The van der Waals surface area contributed by atoms with Crippen LogP contribution in [0.1, 0.15) is 16.7 Å². The topological polar surface area (TPSA) is 26.0 Å². The molecule has 104 valence electrons. The Labute approximate surface area is 131 Å². The van der Waals surface area contributed by atoms with Crippen LogP contribution in [0.4, 0.5) is 4.39 Å². The van der Waals surface area contributed by atoms with Gasteiger partial charge in [-0.3, -0.25) is 0 Å². The van der Waals surface area contributed by atoms with Crippen molar-refractivity contribution in [3.05, 3.63) is 68.4 Å². The lowest BCUT2D eigenvalue weighted by molar-refractivity contribution is 0.463. The van der Waals surface area contributed by atoms with E-state index in [0.29, 0.717) is 11.0 Å². The predicted octanol–water partition coefficient (Wildman–Crippen LogP) is 4.24. The van der Waals surface area contributed by atoms with Gasteiger partial charge in [-0.1, -0.05) is 41.9 Å². The number of hydrogen-bond donors (Lipinski definition) is 1. The summed E-state index contributed by atoms with van der Waals surface area (Å²) in [6, 6.07) is 11.7. The maximum absolute atomic E-state index is 13.8. The molecule has 0 bridgehead atoms. The largest absolute Gasteiger partial charge is 0.330 e. The zero-order valence-corrected chi connectivity index (χ0v) is 13.1. The lowest BCUT2D eigenvalue weighted by atomic mass is 9.78. The average molecular weight is 355 g/mol. The van der Waals surface area contributed by atoms with Gasteiger partial charge in [-0.2, -0.15) is 0 Å². The van der Waals surface area contributed by atoms with Crippen LogP contribution in [0.2, 0.25) is 5.02 Å². The van der Waals surface area contributed by atoms with Gasteiger partial charge in [-0.15, -0.1) is 0 Å². The molecule has 0 spiro atoms. The molecule has 2 aromatic carbocycles. The van der Waals surface area contributed by atoms with E-state index in [2.05, 4.69) is 28.1 Å². The van der Waals surface area contributed by atoms with Gasteiger partial charge >= 0.3 is 0 Å². The number of rotatable bonds is 2. The van der Waals surface area contributed by atoms with Crippen LogP contribution in [0.15, 0.2) is 40.9 Å². The Kier molecular flexibility index (Phi) is 3.61. The standard InChI is InChI=1S/C16H14BrClFN/c17-14-12-8-16(9-20,11-4-2-1-3-5-11)7-10(12)6-13(19)15(14)18/h1-6H,7-9,20H2/t16-/m0/s1. The van der Waals surface area contributed by atoms with Crippen LogP contribution in [0, 0.1) is 5.82 Å². The third-order valence-corrected chi connectivity index (χ3v) is 5.65. The van der Waals surface area contributed by atoms with Gasteiger partial charge < -0.3 is 5.73 Å². The summed E-state index contributed by atoms with van der Waals surface area (Å²) in [6.07, 6.45) is 1.53. The van der Waals surface area contributed by atoms with E-state index in [0.717, 1.165) is 24.0 Å². The quantitative estimate of drug-likeness (QED) is 0.802. The van der Waals surface area contributed by atoms with Crippen LogP contribution >= 0.6 is 27.5 Å². The maximum atomic E-state index is 13.8. The molecule has 0 radical (unpaired) electrons. The Hall–Kier alpha value is -0.900. The molecule has 1 aliphatic carbocycles. The first kappa shape index (κ1) is 14.1. The lowest BCUT2D eigenvalue weighted by Crippen LogP contribution is -2.35. The summed E-state index contributed by atoms with van der Waals surface area (Å²) < 4.78 is 14.5. The molecule has 0 heterocycles. The predicted molar refractivity (Wildman–Crippen MR) is 83.7 cm³/mol. The summed E-state index contributed by atoms with van der Waals surface area (Å²) in [5, 5.41) is 0.157. The molecular formula is C16H14BrClFN. The molecule has 0 unspecified atom stereocenters. The van der Waals surface area contributed by atoms with Gasteiger partial charge in [-0.25, -0.2) is 4.39 Å². The number of fused-ring (bicyclic) bond motifs is 1. The van der Waals surface area contributed by atoms with E-state index in [9.17, 15) is 4.39 Å².